The molecule has 0 aliphatic rings. The van der Waals surface area contributed by atoms with Crippen LogP contribution in [-0.4, -0.2) is 35.0 Å². The first-order chi connectivity index (χ1) is 11.4. The van der Waals surface area contributed by atoms with Crippen LogP contribution in [0.2, 0.25) is 5.02 Å². The molecule has 2 aromatic rings. The zero-order valence-electron chi connectivity index (χ0n) is 13.5. The summed E-state index contributed by atoms with van der Waals surface area (Å²) in [6.45, 7) is 3.94. The summed E-state index contributed by atoms with van der Waals surface area (Å²) in [6.07, 6.45) is 2.83. The number of nitrogens with zero attached hydrogens (tertiary/aromatic N) is 2. The molecule has 1 amide bonds. The van der Waals surface area contributed by atoms with Crippen LogP contribution < -0.4 is 10.6 Å². The lowest BCUT2D eigenvalue weighted by molar-refractivity contribution is 0.0600. The van der Waals surface area contributed by atoms with Gasteiger partial charge in [-0.1, -0.05) is 11.6 Å². The zero-order chi connectivity index (χ0) is 17.7. The van der Waals surface area contributed by atoms with E-state index in [1.165, 1.54) is 37.7 Å². The second-order valence-electron chi connectivity index (χ2n) is 5.23. The number of nitrogens with one attached hydrogen (secondary N) is 2. The Morgan fingerprint density at radius 1 is 1.21 bits per heavy atom. The largest absolute Gasteiger partial charge is 0.465 e. The molecule has 0 aliphatic carbocycles. The van der Waals surface area contributed by atoms with Crippen molar-refractivity contribution in [2.24, 2.45) is 0 Å². The second kappa shape index (κ2) is 7.74. The van der Waals surface area contributed by atoms with Gasteiger partial charge in [0.25, 0.3) is 5.91 Å². The van der Waals surface area contributed by atoms with Crippen LogP contribution in [0.4, 0.5) is 11.5 Å². The maximum Gasteiger partial charge on any atom is 0.337 e. The minimum absolute atomic E-state index is 0.129. The molecule has 7 nitrogen and oxygen atoms in total. The summed E-state index contributed by atoms with van der Waals surface area (Å²) in [4.78, 5) is 32.0. The van der Waals surface area contributed by atoms with Crippen molar-refractivity contribution in [2.75, 3.05) is 17.7 Å². The van der Waals surface area contributed by atoms with E-state index in [0.29, 0.717) is 10.8 Å². The normalized spacial score (nSPS) is 10.4. The number of carbonyl (C=O) groups is 2. The minimum Gasteiger partial charge on any atom is -0.465 e. The Hall–Kier alpha value is -2.67. The second-order valence-corrected chi connectivity index (χ2v) is 5.63. The van der Waals surface area contributed by atoms with E-state index in [9.17, 15) is 9.59 Å². The quantitative estimate of drug-likeness (QED) is 0.807. The lowest BCUT2D eigenvalue weighted by atomic mass is 10.2. The number of ether oxygens (including phenoxy) is 1. The molecule has 0 unspecified atom stereocenters. The van der Waals surface area contributed by atoms with Gasteiger partial charge in [-0.05, 0) is 32.0 Å². The van der Waals surface area contributed by atoms with E-state index in [0.717, 1.165) is 0 Å². The van der Waals surface area contributed by atoms with E-state index in [2.05, 4.69) is 25.3 Å². The van der Waals surface area contributed by atoms with Crippen LogP contribution >= 0.6 is 11.6 Å². The number of methoxy groups -OCH3 is 1. The molecule has 0 saturated heterocycles. The van der Waals surface area contributed by atoms with Crippen molar-refractivity contribution in [3.8, 4) is 0 Å². The number of benzene rings is 1. The summed E-state index contributed by atoms with van der Waals surface area (Å²) < 4.78 is 4.64. The average Bonchev–Trinajstić information content (AvgIpc) is 2.56. The van der Waals surface area contributed by atoms with E-state index in [1.807, 2.05) is 13.8 Å². The summed E-state index contributed by atoms with van der Waals surface area (Å²) in [7, 11) is 1.28. The molecule has 0 bridgehead atoms. The molecule has 0 aliphatic heterocycles. The monoisotopic (exact) mass is 348 g/mol. The lowest BCUT2D eigenvalue weighted by Gasteiger charge is -2.10. The minimum atomic E-state index is -0.522. The first kappa shape index (κ1) is 17.7. The summed E-state index contributed by atoms with van der Waals surface area (Å²) in [5.74, 6) is -0.430. The van der Waals surface area contributed by atoms with Gasteiger partial charge in [0.1, 0.15) is 11.5 Å². The molecule has 126 valence electrons. The SMILES string of the molecule is COC(=O)c1ccc(Cl)c(NC(=O)c2cnc(NC(C)C)cn2)c1. The molecule has 2 N–H and O–H groups in total. The zero-order valence-corrected chi connectivity index (χ0v) is 14.2. The Morgan fingerprint density at radius 2 is 1.96 bits per heavy atom. The predicted octanol–water partition coefficient (Wildman–Crippen LogP) is 2.99. The lowest BCUT2D eigenvalue weighted by Crippen LogP contribution is -2.16. The number of rotatable bonds is 5. The highest BCUT2D eigenvalue weighted by Gasteiger charge is 2.14. The Bertz CT molecular complexity index is 747. The molecule has 0 spiro atoms. The van der Waals surface area contributed by atoms with Crippen LogP contribution in [0.25, 0.3) is 0 Å². The van der Waals surface area contributed by atoms with Crippen molar-refractivity contribution in [1.29, 1.82) is 0 Å². The van der Waals surface area contributed by atoms with Gasteiger partial charge in [-0.2, -0.15) is 0 Å². The smallest absolute Gasteiger partial charge is 0.337 e. The third kappa shape index (κ3) is 4.42. The first-order valence-corrected chi connectivity index (χ1v) is 7.56. The highest BCUT2D eigenvalue weighted by Crippen LogP contribution is 2.24. The molecule has 8 heteroatoms. The average molecular weight is 349 g/mol. The van der Waals surface area contributed by atoms with E-state index < -0.39 is 11.9 Å². The first-order valence-electron chi connectivity index (χ1n) is 7.18. The van der Waals surface area contributed by atoms with Crippen LogP contribution in [0, 0.1) is 0 Å². The van der Waals surface area contributed by atoms with Crippen LogP contribution in [0.3, 0.4) is 0 Å². The van der Waals surface area contributed by atoms with Crippen molar-refractivity contribution in [2.45, 2.75) is 19.9 Å². The molecule has 1 heterocycles. The molecule has 0 fully saturated rings. The third-order valence-corrected chi connectivity index (χ3v) is 3.29. The number of amides is 1. The van der Waals surface area contributed by atoms with Crippen molar-refractivity contribution < 1.29 is 14.3 Å². The van der Waals surface area contributed by atoms with E-state index in [1.54, 1.807) is 0 Å². The number of hydrogen-bond acceptors (Lipinski definition) is 6. The summed E-state index contributed by atoms with van der Waals surface area (Å²) in [5.41, 5.74) is 0.694. The highest BCUT2D eigenvalue weighted by molar-refractivity contribution is 6.34. The van der Waals surface area contributed by atoms with Crippen molar-refractivity contribution in [3.63, 3.8) is 0 Å². The fraction of sp³-hybridized carbons (Fsp3) is 0.250. The van der Waals surface area contributed by atoms with Gasteiger partial charge in [0.05, 0.1) is 35.8 Å². The molecule has 1 aromatic heterocycles. The maximum atomic E-state index is 12.2. The highest BCUT2D eigenvalue weighted by atomic mass is 35.5. The van der Waals surface area contributed by atoms with E-state index in [-0.39, 0.29) is 23.0 Å². The summed E-state index contributed by atoms with van der Waals surface area (Å²) in [6, 6.07) is 4.66. The molecular weight excluding hydrogens is 332 g/mol. The number of anilines is 2. The summed E-state index contributed by atoms with van der Waals surface area (Å²) >= 11 is 6.05. The molecule has 0 atom stereocenters. The van der Waals surface area contributed by atoms with Crippen molar-refractivity contribution in [1.82, 2.24) is 9.97 Å². The van der Waals surface area contributed by atoms with Crippen LogP contribution in [-0.2, 0) is 4.74 Å². The Labute approximate surface area is 144 Å². The molecular formula is C16H17ClN4O3. The van der Waals surface area contributed by atoms with E-state index >= 15 is 0 Å². The molecule has 0 radical (unpaired) electrons. The standard InChI is InChI=1S/C16H17ClN4O3/c1-9(2)20-14-8-18-13(7-19-14)15(22)21-12-6-10(16(23)24-3)4-5-11(12)17/h4-9H,1-3H3,(H,19,20)(H,21,22). The summed E-state index contributed by atoms with van der Waals surface area (Å²) in [5, 5.41) is 5.98. The molecule has 1 aromatic carbocycles. The number of carbonyl (C=O) groups excluding carboxylic acids is 2. The van der Waals surface area contributed by atoms with E-state index in [4.69, 9.17) is 11.6 Å². The topological polar surface area (TPSA) is 93.2 Å². The molecule has 0 saturated carbocycles. The van der Waals surface area contributed by atoms with Crippen LogP contribution in [0.1, 0.15) is 34.7 Å². The Kier molecular flexibility index (Phi) is 5.70. The van der Waals surface area contributed by atoms with Gasteiger partial charge >= 0.3 is 5.97 Å². The number of esters is 1. The fourth-order valence-corrected chi connectivity index (χ4v) is 2.03. The van der Waals surface area contributed by atoms with Gasteiger partial charge in [0, 0.05) is 6.04 Å². The van der Waals surface area contributed by atoms with Crippen molar-refractivity contribution >= 4 is 35.0 Å². The number of halogens is 1. The van der Waals surface area contributed by atoms with Gasteiger partial charge in [-0.3, -0.25) is 4.79 Å². The van der Waals surface area contributed by atoms with Gasteiger partial charge in [-0.25, -0.2) is 14.8 Å². The van der Waals surface area contributed by atoms with Crippen molar-refractivity contribution in [3.05, 3.63) is 46.9 Å². The molecule has 2 rings (SSSR count). The number of aromatic nitrogens is 2. The van der Waals surface area contributed by atoms with Gasteiger partial charge in [-0.15, -0.1) is 0 Å². The Morgan fingerprint density at radius 3 is 2.54 bits per heavy atom. The molecule has 24 heavy (non-hydrogen) atoms. The number of hydrogen-bond donors (Lipinski definition) is 2. The maximum absolute atomic E-state index is 12.2. The van der Waals surface area contributed by atoms with Gasteiger partial charge in [0.15, 0.2) is 0 Å². The van der Waals surface area contributed by atoms with Crippen LogP contribution in [0.5, 0.6) is 0 Å². The predicted molar refractivity (Wildman–Crippen MR) is 91.5 cm³/mol. The van der Waals surface area contributed by atoms with Gasteiger partial charge < -0.3 is 15.4 Å². The third-order valence-electron chi connectivity index (χ3n) is 2.96. The van der Waals surface area contributed by atoms with Gasteiger partial charge in [0.2, 0.25) is 0 Å². The fourth-order valence-electron chi connectivity index (χ4n) is 1.87. The van der Waals surface area contributed by atoms with Crippen LogP contribution in [0.15, 0.2) is 30.6 Å². The Balaban J connectivity index is 2.15.